The standard InChI is InChI=1S/C32H34N2O6/c1-30(2,3)23-11-13-25(14-12-23)38-20-28(35)39-19-22-18-24(34(36)37)17-21-15-16-32(40-29(21)22)31(4,5)26-9-7-8-10-27(26)33(32)6/h7-18H,19-20H2,1-6H3. The van der Waals surface area contributed by atoms with Crippen LogP contribution in [0.3, 0.4) is 0 Å². The Balaban J connectivity index is 1.36. The van der Waals surface area contributed by atoms with Crippen molar-refractivity contribution in [3.05, 3.63) is 99.1 Å². The number of hydrogen-bond acceptors (Lipinski definition) is 7. The minimum atomic E-state index is -0.874. The highest BCUT2D eigenvalue weighted by Gasteiger charge is 2.57. The molecule has 8 nitrogen and oxygen atoms in total. The third kappa shape index (κ3) is 4.57. The van der Waals surface area contributed by atoms with Gasteiger partial charge in [-0.1, -0.05) is 51.1 Å². The lowest BCUT2D eigenvalue weighted by Crippen LogP contribution is -2.58. The molecule has 1 unspecified atom stereocenters. The Morgan fingerprint density at radius 2 is 1.77 bits per heavy atom. The molecule has 0 saturated carbocycles. The molecule has 2 aliphatic heterocycles. The summed E-state index contributed by atoms with van der Waals surface area (Å²) >= 11 is 0. The monoisotopic (exact) mass is 542 g/mol. The number of para-hydroxylation sites is 1. The van der Waals surface area contributed by atoms with E-state index in [2.05, 4.69) is 45.6 Å². The van der Waals surface area contributed by atoms with Crippen LogP contribution < -0.4 is 14.4 Å². The van der Waals surface area contributed by atoms with Gasteiger partial charge < -0.3 is 19.1 Å². The van der Waals surface area contributed by atoms with Crippen molar-refractivity contribution in [1.29, 1.82) is 0 Å². The zero-order valence-corrected chi connectivity index (χ0v) is 23.7. The Kier molecular flexibility index (Phi) is 6.60. The van der Waals surface area contributed by atoms with Crippen LogP contribution in [0.25, 0.3) is 6.08 Å². The van der Waals surface area contributed by atoms with Crippen LogP contribution in [-0.2, 0) is 27.0 Å². The second-order valence-electron chi connectivity index (χ2n) is 11.8. The van der Waals surface area contributed by atoms with Crippen molar-refractivity contribution in [2.24, 2.45) is 0 Å². The van der Waals surface area contributed by atoms with Gasteiger partial charge in [0.25, 0.3) is 5.69 Å². The number of nitro benzene ring substituents is 1. The molecule has 208 valence electrons. The lowest BCUT2D eigenvalue weighted by molar-refractivity contribution is -0.385. The van der Waals surface area contributed by atoms with Crippen LogP contribution in [0.15, 0.2) is 66.7 Å². The average Bonchev–Trinajstić information content (AvgIpc) is 3.08. The van der Waals surface area contributed by atoms with Gasteiger partial charge in [-0.25, -0.2) is 4.79 Å². The summed E-state index contributed by atoms with van der Waals surface area (Å²) < 4.78 is 17.9. The first-order chi connectivity index (χ1) is 18.8. The lowest BCUT2D eigenvalue weighted by Gasteiger charge is -2.46. The van der Waals surface area contributed by atoms with Crippen molar-refractivity contribution in [3.8, 4) is 11.5 Å². The van der Waals surface area contributed by atoms with Gasteiger partial charge in [-0.2, -0.15) is 0 Å². The Morgan fingerprint density at radius 1 is 1.07 bits per heavy atom. The van der Waals surface area contributed by atoms with Gasteiger partial charge in [0.1, 0.15) is 18.1 Å². The topological polar surface area (TPSA) is 91.1 Å². The molecule has 2 aliphatic rings. The van der Waals surface area contributed by atoms with Crippen LogP contribution in [0, 0.1) is 10.1 Å². The Hall–Kier alpha value is -4.33. The highest BCUT2D eigenvalue weighted by Crippen LogP contribution is 2.54. The first-order valence-corrected chi connectivity index (χ1v) is 13.3. The molecule has 1 spiro atoms. The first-order valence-electron chi connectivity index (χ1n) is 13.3. The van der Waals surface area contributed by atoms with E-state index in [1.165, 1.54) is 12.1 Å². The van der Waals surface area contributed by atoms with Crippen molar-refractivity contribution < 1.29 is 23.9 Å². The predicted molar refractivity (Wildman–Crippen MR) is 154 cm³/mol. The van der Waals surface area contributed by atoms with Gasteiger partial charge in [-0.05, 0) is 60.7 Å². The Labute approximate surface area is 234 Å². The quantitative estimate of drug-likeness (QED) is 0.198. The number of carbonyl (C=O) groups is 1. The van der Waals surface area contributed by atoms with Gasteiger partial charge in [0.2, 0.25) is 5.72 Å². The largest absolute Gasteiger partial charge is 0.482 e. The third-order valence-corrected chi connectivity index (χ3v) is 7.93. The number of benzene rings is 3. The molecule has 3 aromatic rings. The van der Waals surface area contributed by atoms with E-state index in [-0.39, 0.29) is 24.3 Å². The Morgan fingerprint density at radius 3 is 2.42 bits per heavy atom. The number of ether oxygens (including phenoxy) is 3. The fourth-order valence-electron chi connectivity index (χ4n) is 5.54. The molecule has 0 amide bonds. The van der Waals surface area contributed by atoms with Crippen molar-refractivity contribution >= 4 is 23.4 Å². The zero-order chi connectivity index (χ0) is 28.9. The number of nitro groups is 1. The van der Waals surface area contributed by atoms with Gasteiger partial charge in [0.15, 0.2) is 6.61 Å². The molecule has 1 atom stereocenters. The number of hydrogen-bond donors (Lipinski definition) is 0. The molecule has 0 bridgehead atoms. The highest BCUT2D eigenvalue weighted by atomic mass is 16.6. The van der Waals surface area contributed by atoms with E-state index in [4.69, 9.17) is 14.2 Å². The van der Waals surface area contributed by atoms with Crippen LogP contribution in [0.4, 0.5) is 11.4 Å². The van der Waals surface area contributed by atoms with Crippen molar-refractivity contribution in [3.63, 3.8) is 0 Å². The molecule has 2 heterocycles. The molecule has 0 fully saturated rings. The van der Waals surface area contributed by atoms with Gasteiger partial charge in [0.05, 0.1) is 10.3 Å². The molecule has 3 aromatic carbocycles. The van der Waals surface area contributed by atoms with Crippen LogP contribution in [0.5, 0.6) is 11.5 Å². The van der Waals surface area contributed by atoms with Crippen molar-refractivity contribution in [2.75, 3.05) is 18.6 Å². The molecular weight excluding hydrogens is 508 g/mol. The fourth-order valence-corrected chi connectivity index (χ4v) is 5.54. The number of esters is 1. The van der Waals surface area contributed by atoms with Crippen LogP contribution in [0.2, 0.25) is 0 Å². The summed E-state index contributed by atoms with van der Waals surface area (Å²) in [4.78, 5) is 25.9. The number of nitrogens with zero attached hydrogens (tertiary/aromatic N) is 2. The molecule has 0 saturated heterocycles. The fraction of sp³-hybridized carbons (Fsp3) is 0.344. The molecular formula is C32H34N2O6. The normalized spacial score (nSPS) is 18.6. The van der Waals surface area contributed by atoms with E-state index in [0.717, 1.165) is 16.8 Å². The average molecular weight is 543 g/mol. The SMILES string of the molecule is CN1c2ccccc2C(C)(C)C12C=Cc1cc([N+](=O)[O-])cc(COC(=O)COc3ccc(C(C)(C)C)cc3)c1O2. The lowest BCUT2D eigenvalue weighted by atomic mass is 9.76. The summed E-state index contributed by atoms with van der Waals surface area (Å²) in [7, 11) is 1.97. The molecule has 40 heavy (non-hydrogen) atoms. The third-order valence-electron chi connectivity index (χ3n) is 7.93. The van der Waals surface area contributed by atoms with E-state index in [9.17, 15) is 14.9 Å². The van der Waals surface area contributed by atoms with Crippen LogP contribution in [-0.4, -0.2) is 30.3 Å². The molecule has 0 aliphatic carbocycles. The summed E-state index contributed by atoms with van der Waals surface area (Å²) in [5, 5.41) is 11.7. The zero-order valence-electron chi connectivity index (χ0n) is 23.7. The van der Waals surface area contributed by atoms with Gasteiger partial charge in [-0.15, -0.1) is 0 Å². The highest BCUT2D eigenvalue weighted by molar-refractivity contribution is 5.74. The van der Waals surface area contributed by atoms with Crippen LogP contribution >= 0.6 is 0 Å². The molecule has 5 rings (SSSR count). The maximum atomic E-state index is 12.6. The van der Waals surface area contributed by atoms with Gasteiger partial charge in [-0.3, -0.25) is 10.1 Å². The van der Waals surface area contributed by atoms with E-state index < -0.39 is 22.0 Å². The Bertz CT molecular complexity index is 1500. The molecule has 0 N–H and O–H groups in total. The van der Waals surface area contributed by atoms with E-state index in [1.807, 2.05) is 61.7 Å². The maximum absolute atomic E-state index is 12.6. The second-order valence-corrected chi connectivity index (χ2v) is 11.8. The first kappa shape index (κ1) is 27.2. The summed E-state index contributed by atoms with van der Waals surface area (Å²) in [5.74, 6) is 0.415. The second kappa shape index (κ2) is 9.70. The summed E-state index contributed by atoms with van der Waals surface area (Å²) in [6, 6.07) is 18.6. The van der Waals surface area contributed by atoms with Gasteiger partial charge in [0, 0.05) is 36.0 Å². The van der Waals surface area contributed by atoms with E-state index >= 15 is 0 Å². The van der Waals surface area contributed by atoms with Crippen molar-refractivity contribution in [2.45, 2.75) is 57.8 Å². The van der Waals surface area contributed by atoms with E-state index in [1.54, 1.807) is 0 Å². The number of likely N-dealkylation sites (N-methyl/N-ethyl adjacent to an activating group) is 1. The maximum Gasteiger partial charge on any atom is 0.344 e. The molecule has 8 heteroatoms. The number of anilines is 1. The van der Waals surface area contributed by atoms with E-state index in [0.29, 0.717) is 22.6 Å². The summed E-state index contributed by atoms with van der Waals surface area (Å²) in [5.41, 5.74) is 2.89. The summed E-state index contributed by atoms with van der Waals surface area (Å²) in [6.45, 7) is 10.1. The number of carbonyl (C=O) groups excluding carboxylic acids is 1. The minimum Gasteiger partial charge on any atom is -0.482 e. The number of rotatable bonds is 6. The summed E-state index contributed by atoms with van der Waals surface area (Å²) in [6.07, 6.45) is 3.80. The molecule has 0 aromatic heterocycles. The molecule has 0 radical (unpaired) electrons. The number of non-ortho nitro benzene ring substituents is 1. The van der Waals surface area contributed by atoms with Crippen molar-refractivity contribution in [1.82, 2.24) is 0 Å². The predicted octanol–water partition coefficient (Wildman–Crippen LogP) is 6.54. The minimum absolute atomic E-state index is 0.00996. The van der Waals surface area contributed by atoms with Crippen LogP contribution in [0.1, 0.15) is 56.9 Å². The smallest absolute Gasteiger partial charge is 0.344 e. The number of fused-ring (bicyclic) bond motifs is 2. The van der Waals surface area contributed by atoms with Gasteiger partial charge >= 0.3 is 5.97 Å².